The zero-order chi connectivity index (χ0) is 19.8. The number of aliphatic imine (C=N–C) groups is 1. The van der Waals surface area contributed by atoms with Crippen molar-refractivity contribution in [2.75, 3.05) is 18.0 Å². The number of hydrogen-bond donors (Lipinski definition) is 2. The molecular weight excluding hydrogens is 334 g/mol. The smallest absolute Gasteiger partial charge is 0.129 e. The number of nitrogens with zero attached hydrogens (tertiary/aromatic N) is 3. The maximum atomic E-state index is 9.87. The van der Waals surface area contributed by atoms with Gasteiger partial charge in [-0.15, -0.1) is 0 Å². The fourth-order valence-corrected chi connectivity index (χ4v) is 3.64. The molecule has 0 aromatic heterocycles. The Labute approximate surface area is 163 Å². The molecule has 0 fully saturated rings. The first-order chi connectivity index (χ1) is 13.1. The van der Waals surface area contributed by atoms with Gasteiger partial charge in [0, 0.05) is 30.5 Å². The molecular formula is C22H31N5. The second-order valence-corrected chi connectivity index (χ2v) is 6.86. The molecule has 144 valence electrons. The van der Waals surface area contributed by atoms with Crippen LogP contribution in [0.25, 0.3) is 0 Å². The van der Waals surface area contributed by atoms with Gasteiger partial charge < -0.3 is 16.4 Å². The zero-order valence-corrected chi connectivity index (χ0v) is 16.7. The number of rotatable bonds is 8. The van der Waals surface area contributed by atoms with Gasteiger partial charge in [-0.05, 0) is 37.0 Å². The Morgan fingerprint density at radius 3 is 2.44 bits per heavy atom. The first kappa shape index (κ1) is 20.6. The topological polar surface area (TPSA) is 91.4 Å². The van der Waals surface area contributed by atoms with Gasteiger partial charge in [-0.3, -0.25) is 0 Å². The van der Waals surface area contributed by atoms with Crippen molar-refractivity contribution in [1.29, 1.82) is 5.26 Å². The molecule has 0 saturated heterocycles. The molecule has 1 aliphatic rings. The van der Waals surface area contributed by atoms with Gasteiger partial charge >= 0.3 is 0 Å². The molecule has 4 N–H and O–H groups in total. The molecule has 0 radical (unpaired) electrons. The van der Waals surface area contributed by atoms with E-state index >= 15 is 0 Å². The fourth-order valence-electron chi connectivity index (χ4n) is 3.64. The summed E-state index contributed by atoms with van der Waals surface area (Å²) in [5.41, 5.74) is 16.4. The second kappa shape index (κ2) is 9.82. The van der Waals surface area contributed by atoms with Gasteiger partial charge in [-0.25, -0.2) is 4.99 Å². The molecule has 1 heterocycles. The van der Waals surface area contributed by atoms with Crippen LogP contribution in [-0.2, 0) is 0 Å². The molecule has 1 atom stereocenters. The standard InChI is InChI=1S/C22H31N5/c1-4-8-20-18(14-23)21(19(15-24)22(25)26-20)16-9-7-10-17(13-16)27(11-5-2)12-6-3/h7,9-10,13,15,21H,4-6,8,11-12,24H2,1-3H3,(H2,25,26)/b19-15-. The minimum Gasteiger partial charge on any atom is -0.404 e. The maximum absolute atomic E-state index is 9.87. The van der Waals surface area contributed by atoms with Crippen LogP contribution in [0.3, 0.4) is 0 Å². The van der Waals surface area contributed by atoms with Gasteiger partial charge in [0.05, 0.1) is 23.3 Å². The number of anilines is 1. The molecule has 5 heteroatoms. The lowest BCUT2D eigenvalue weighted by atomic mass is 9.81. The Balaban J connectivity index is 2.55. The summed E-state index contributed by atoms with van der Waals surface area (Å²) in [4.78, 5) is 6.85. The van der Waals surface area contributed by atoms with E-state index in [0.29, 0.717) is 17.0 Å². The van der Waals surface area contributed by atoms with Gasteiger partial charge in [-0.1, -0.05) is 39.3 Å². The minimum atomic E-state index is -0.260. The third kappa shape index (κ3) is 4.51. The van der Waals surface area contributed by atoms with E-state index in [1.807, 2.05) is 12.1 Å². The van der Waals surface area contributed by atoms with Crippen molar-refractivity contribution in [1.82, 2.24) is 0 Å². The zero-order valence-electron chi connectivity index (χ0n) is 16.7. The molecule has 0 aliphatic carbocycles. The van der Waals surface area contributed by atoms with E-state index in [1.54, 1.807) is 0 Å². The summed E-state index contributed by atoms with van der Waals surface area (Å²) in [5.74, 6) is 0.151. The van der Waals surface area contributed by atoms with Crippen molar-refractivity contribution in [3.05, 3.63) is 52.9 Å². The Hall–Kier alpha value is -2.74. The van der Waals surface area contributed by atoms with Crippen LogP contribution in [0.5, 0.6) is 0 Å². The summed E-state index contributed by atoms with van der Waals surface area (Å²) >= 11 is 0. The van der Waals surface area contributed by atoms with E-state index in [4.69, 9.17) is 11.5 Å². The Morgan fingerprint density at radius 2 is 1.89 bits per heavy atom. The SMILES string of the molecule is CCCC1=C(C#N)C(c2cccc(N(CCC)CCC)c2)/C(=C/N)C(N)=N1. The molecule has 0 saturated carbocycles. The molecule has 1 aliphatic heterocycles. The summed E-state index contributed by atoms with van der Waals surface area (Å²) in [6, 6.07) is 10.8. The van der Waals surface area contributed by atoms with Crippen molar-refractivity contribution >= 4 is 11.5 Å². The highest BCUT2D eigenvalue weighted by Crippen LogP contribution is 2.39. The average molecular weight is 366 g/mol. The van der Waals surface area contributed by atoms with Crippen LogP contribution in [0.4, 0.5) is 5.69 Å². The number of hydrogen-bond acceptors (Lipinski definition) is 5. The number of nitriles is 1. The van der Waals surface area contributed by atoms with Crippen molar-refractivity contribution in [2.45, 2.75) is 52.4 Å². The summed E-state index contributed by atoms with van der Waals surface area (Å²) < 4.78 is 0. The summed E-state index contributed by atoms with van der Waals surface area (Å²) in [6.07, 6.45) is 5.31. The van der Waals surface area contributed by atoms with Gasteiger partial charge in [0.2, 0.25) is 0 Å². The first-order valence-corrected chi connectivity index (χ1v) is 9.85. The largest absolute Gasteiger partial charge is 0.404 e. The quantitative estimate of drug-likeness (QED) is 0.722. The van der Waals surface area contributed by atoms with Gasteiger partial charge in [0.1, 0.15) is 5.84 Å². The maximum Gasteiger partial charge on any atom is 0.129 e. The number of amidine groups is 1. The van der Waals surface area contributed by atoms with Gasteiger partial charge in [0.25, 0.3) is 0 Å². The molecule has 5 nitrogen and oxygen atoms in total. The average Bonchev–Trinajstić information content (AvgIpc) is 2.67. The third-order valence-electron chi connectivity index (χ3n) is 4.80. The van der Waals surface area contributed by atoms with E-state index in [-0.39, 0.29) is 5.92 Å². The molecule has 1 aromatic rings. The van der Waals surface area contributed by atoms with E-state index in [0.717, 1.165) is 50.0 Å². The van der Waals surface area contributed by atoms with Gasteiger partial charge in [0.15, 0.2) is 0 Å². The van der Waals surface area contributed by atoms with Crippen LogP contribution >= 0.6 is 0 Å². The van der Waals surface area contributed by atoms with Crippen molar-refractivity contribution < 1.29 is 0 Å². The summed E-state index contributed by atoms with van der Waals surface area (Å²) in [7, 11) is 0. The van der Waals surface area contributed by atoms with Crippen LogP contribution in [-0.4, -0.2) is 18.9 Å². The Bertz CT molecular complexity index is 776. The highest BCUT2D eigenvalue weighted by Gasteiger charge is 2.30. The highest BCUT2D eigenvalue weighted by molar-refractivity contribution is 6.01. The molecule has 0 bridgehead atoms. The molecule has 1 aromatic carbocycles. The lowest BCUT2D eigenvalue weighted by Crippen LogP contribution is -2.27. The normalized spacial score (nSPS) is 18.4. The predicted molar refractivity (Wildman–Crippen MR) is 113 cm³/mol. The van der Waals surface area contributed by atoms with Crippen LogP contribution in [0.15, 0.2) is 52.3 Å². The van der Waals surface area contributed by atoms with E-state index in [2.05, 4.69) is 48.9 Å². The molecule has 27 heavy (non-hydrogen) atoms. The van der Waals surface area contributed by atoms with Crippen LogP contribution in [0.2, 0.25) is 0 Å². The minimum absolute atomic E-state index is 0.260. The number of nitrogens with two attached hydrogens (primary N) is 2. The predicted octanol–water partition coefficient (Wildman–Crippen LogP) is 4.19. The van der Waals surface area contributed by atoms with E-state index in [1.165, 1.54) is 11.9 Å². The first-order valence-electron chi connectivity index (χ1n) is 9.85. The molecule has 0 spiro atoms. The summed E-state index contributed by atoms with van der Waals surface area (Å²) in [6.45, 7) is 8.46. The molecule has 0 amide bonds. The Kier molecular flexibility index (Phi) is 7.48. The van der Waals surface area contributed by atoms with Crippen molar-refractivity contribution in [3.63, 3.8) is 0 Å². The van der Waals surface area contributed by atoms with Gasteiger partial charge in [-0.2, -0.15) is 5.26 Å². The lowest BCUT2D eigenvalue weighted by molar-refractivity contribution is 0.743. The third-order valence-corrected chi connectivity index (χ3v) is 4.80. The highest BCUT2D eigenvalue weighted by atomic mass is 15.1. The van der Waals surface area contributed by atoms with Crippen LogP contribution in [0.1, 0.15) is 57.9 Å². The monoisotopic (exact) mass is 365 g/mol. The lowest BCUT2D eigenvalue weighted by Gasteiger charge is -2.28. The Morgan fingerprint density at radius 1 is 1.19 bits per heavy atom. The van der Waals surface area contributed by atoms with Crippen molar-refractivity contribution in [2.24, 2.45) is 16.5 Å². The van der Waals surface area contributed by atoms with E-state index < -0.39 is 0 Å². The number of allylic oxidation sites excluding steroid dienone is 2. The van der Waals surface area contributed by atoms with Crippen molar-refractivity contribution in [3.8, 4) is 6.07 Å². The van der Waals surface area contributed by atoms with E-state index in [9.17, 15) is 5.26 Å². The fraction of sp³-hybridized carbons (Fsp3) is 0.455. The second-order valence-electron chi connectivity index (χ2n) is 6.86. The summed E-state index contributed by atoms with van der Waals surface area (Å²) in [5, 5.41) is 9.87. The van der Waals surface area contributed by atoms with Crippen LogP contribution in [0, 0.1) is 11.3 Å². The molecule has 2 rings (SSSR count). The van der Waals surface area contributed by atoms with Crippen LogP contribution < -0.4 is 16.4 Å². The number of benzene rings is 1. The molecule has 1 unspecified atom stereocenters.